The van der Waals surface area contributed by atoms with E-state index in [-0.39, 0.29) is 0 Å². The van der Waals surface area contributed by atoms with E-state index in [4.69, 9.17) is 34.8 Å². The first-order valence-electron chi connectivity index (χ1n) is 5.03. The molecule has 0 unspecified atom stereocenters. The zero-order valence-electron chi connectivity index (χ0n) is 9.34. The van der Waals surface area contributed by atoms with Gasteiger partial charge in [-0.2, -0.15) is 0 Å². The molecule has 2 aromatic rings. The topological polar surface area (TPSA) is 49.8 Å². The third kappa shape index (κ3) is 3.38. The van der Waals surface area contributed by atoms with Crippen LogP contribution in [0.3, 0.4) is 0 Å². The largest absolute Gasteiger partial charge is 0.298 e. The standard InChI is InChI=1S/C11H9Cl3N4/c1-6-15-10(14)5-11(16-6)18-17-9-3-2-7(12)4-8(9)13/h2-5,17H,1H3,(H,15,16,18). The molecule has 4 nitrogen and oxygen atoms in total. The van der Waals surface area contributed by atoms with E-state index in [1.807, 2.05) is 0 Å². The number of hydrazine groups is 1. The Hall–Kier alpha value is -1.23. The summed E-state index contributed by atoms with van der Waals surface area (Å²) >= 11 is 17.6. The quantitative estimate of drug-likeness (QED) is 0.659. The van der Waals surface area contributed by atoms with Crippen molar-refractivity contribution in [3.8, 4) is 0 Å². The van der Waals surface area contributed by atoms with Crippen molar-refractivity contribution in [2.75, 3.05) is 10.9 Å². The summed E-state index contributed by atoms with van der Waals surface area (Å²) < 4.78 is 0. The molecule has 0 fully saturated rings. The van der Waals surface area contributed by atoms with Crippen LogP contribution in [0.2, 0.25) is 15.2 Å². The Balaban J connectivity index is 2.11. The molecule has 0 saturated carbocycles. The Morgan fingerprint density at radius 1 is 1.00 bits per heavy atom. The van der Waals surface area contributed by atoms with Crippen LogP contribution in [0.15, 0.2) is 24.3 Å². The number of nitrogens with one attached hydrogen (secondary N) is 2. The molecule has 1 aromatic heterocycles. The second kappa shape index (κ2) is 5.61. The SMILES string of the molecule is Cc1nc(Cl)cc(NNc2ccc(Cl)cc2Cl)n1. The second-order valence-electron chi connectivity index (χ2n) is 3.50. The van der Waals surface area contributed by atoms with Gasteiger partial charge in [0.05, 0.1) is 10.7 Å². The van der Waals surface area contributed by atoms with Crippen LogP contribution in [0.4, 0.5) is 11.5 Å². The molecule has 0 aliphatic rings. The molecule has 0 bridgehead atoms. The van der Waals surface area contributed by atoms with E-state index in [2.05, 4.69) is 20.8 Å². The van der Waals surface area contributed by atoms with E-state index in [0.717, 1.165) is 0 Å². The van der Waals surface area contributed by atoms with E-state index in [0.29, 0.717) is 32.5 Å². The molecule has 0 aliphatic carbocycles. The summed E-state index contributed by atoms with van der Waals surface area (Å²) in [5.74, 6) is 1.13. The minimum Gasteiger partial charge on any atom is -0.298 e. The van der Waals surface area contributed by atoms with Crippen molar-refractivity contribution >= 4 is 46.3 Å². The smallest absolute Gasteiger partial charge is 0.149 e. The fraction of sp³-hybridized carbons (Fsp3) is 0.0909. The summed E-state index contributed by atoms with van der Waals surface area (Å²) in [5.41, 5.74) is 6.50. The Morgan fingerprint density at radius 2 is 1.78 bits per heavy atom. The van der Waals surface area contributed by atoms with Crippen molar-refractivity contribution in [3.05, 3.63) is 45.3 Å². The zero-order chi connectivity index (χ0) is 13.1. The van der Waals surface area contributed by atoms with Gasteiger partial charge in [-0.3, -0.25) is 10.9 Å². The number of anilines is 2. The average molecular weight is 304 g/mol. The average Bonchev–Trinajstić information content (AvgIpc) is 2.26. The Bertz CT molecular complexity index is 554. The van der Waals surface area contributed by atoms with Crippen LogP contribution in [0.5, 0.6) is 0 Å². The molecule has 2 N–H and O–H groups in total. The summed E-state index contributed by atoms with van der Waals surface area (Å²) in [7, 11) is 0. The molecule has 0 saturated heterocycles. The number of rotatable bonds is 3. The van der Waals surface area contributed by atoms with Gasteiger partial charge in [0.25, 0.3) is 0 Å². The van der Waals surface area contributed by atoms with Gasteiger partial charge in [0.1, 0.15) is 16.8 Å². The summed E-state index contributed by atoms with van der Waals surface area (Å²) in [6.45, 7) is 1.76. The maximum absolute atomic E-state index is 6.01. The van der Waals surface area contributed by atoms with Crippen LogP contribution in [-0.2, 0) is 0 Å². The molecular weight excluding hydrogens is 295 g/mol. The van der Waals surface area contributed by atoms with Gasteiger partial charge in [0, 0.05) is 11.1 Å². The molecule has 0 atom stereocenters. The Morgan fingerprint density at radius 3 is 2.44 bits per heavy atom. The highest BCUT2D eigenvalue weighted by Crippen LogP contribution is 2.25. The molecule has 0 spiro atoms. The first kappa shape index (κ1) is 13.2. The van der Waals surface area contributed by atoms with E-state index in [1.54, 1.807) is 31.2 Å². The molecule has 0 aliphatic heterocycles. The van der Waals surface area contributed by atoms with Gasteiger partial charge < -0.3 is 0 Å². The van der Waals surface area contributed by atoms with Crippen LogP contribution < -0.4 is 10.9 Å². The lowest BCUT2D eigenvalue weighted by Gasteiger charge is -2.11. The molecule has 94 valence electrons. The Kier molecular flexibility index (Phi) is 4.11. The van der Waals surface area contributed by atoms with Gasteiger partial charge in [-0.1, -0.05) is 34.8 Å². The summed E-state index contributed by atoms with van der Waals surface area (Å²) in [4.78, 5) is 8.12. The zero-order valence-corrected chi connectivity index (χ0v) is 11.6. The van der Waals surface area contributed by atoms with Crippen molar-refractivity contribution in [2.24, 2.45) is 0 Å². The van der Waals surface area contributed by atoms with Crippen molar-refractivity contribution < 1.29 is 0 Å². The number of hydrogen-bond acceptors (Lipinski definition) is 4. The van der Waals surface area contributed by atoms with Crippen molar-refractivity contribution in [2.45, 2.75) is 6.92 Å². The number of halogens is 3. The van der Waals surface area contributed by atoms with Crippen molar-refractivity contribution in [3.63, 3.8) is 0 Å². The molecular formula is C11H9Cl3N4. The van der Waals surface area contributed by atoms with Crippen LogP contribution in [0, 0.1) is 6.92 Å². The maximum Gasteiger partial charge on any atom is 0.149 e. The lowest BCUT2D eigenvalue weighted by atomic mass is 10.3. The monoisotopic (exact) mass is 302 g/mol. The lowest BCUT2D eigenvalue weighted by Crippen LogP contribution is -2.11. The van der Waals surface area contributed by atoms with Gasteiger partial charge >= 0.3 is 0 Å². The van der Waals surface area contributed by atoms with E-state index in [1.165, 1.54) is 0 Å². The molecule has 0 radical (unpaired) electrons. The van der Waals surface area contributed by atoms with Crippen LogP contribution >= 0.6 is 34.8 Å². The highest BCUT2D eigenvalue weighted by molar-refractivity contribution is 6.36. The highest BCUT2D eigenvalue weighted by Gasteiger charge is 2.02. The maximum atomic E-state index is 6.01. The first-order chi connectivity index (χ1) is 8.54. The van der Waals surface area contributed by atoms with Gasteiger partial charge in [0.2, 0.25) is 0 Å². The third-order valence-corrected chi connectivity index (χ3v) is 2.80. The Labute approximate surface area is 119 Å². The van der Waals surface area contributed by atoms with E-state index >= 15 is 0 Å². The van der Waals surface area contributed by atoms with Gasteiger partial charge in [0.15, 0.2) is 0 Å². The first-order valence-corrected chi connectivity index (χ1v) is 6.16. The molecule has 0 amide bonds. The van der Waals surface area contributed by atoms with Crippen molar-refractivity contribution in [1.29, 1.82) is 0 Å². The number of hydrogen-bond donors (Lipinski definition) is 2. The number of aromatic nitrogens is 2. The summed E-state index contributed by atoms with van der Waals surface area (Å²) in [6, 6.07) is 6.74. The van der Waals surface area contributed by atoms with E-state index in [9.17, 15) is 0 Å². The number of nitrogens with zero attached hydrogens (tertiary/aromatic N) is 2. The fourth-order valence-corrected chi connectivity index (χ4v) is 2.00. The third-order valence-electron chi connectivity index (χ3n) is 2.06. The van der Waals surface area contributed by atoms with Gasteiger partial charge in [-0.05, 0) is 25.1 Å². The predicted octanol–water partition coefficient (Wildman–Crippen LogP) is 4.18. The summed E-state index contributed by atoms with van der Waals surface area (Å²) in [6.07, 6.45) is 0. The van der Waals surface area contributed by atoms with Crippen LogP contribution in [0.1, 0.15) is 5.82 Å². The number of benzene rings is 1. The molecule has 1 heterocycles. The van der Waals surface area contributed by atoms with Crippen LogP contribution in [0.25, 0.3) is 0 Å². The van der Waals surface area contributed by atoms with Gasteiger partial charge in [-0.25, -0.2) is 9.97 Å². The minimum absolute atomic E-state index is 0.369. The van der Waals surface area contributed by atoms with Gasteiger partial charge in [-0.15, -0.1) is 0 Å². The van der Waals surface area contributed by atoms with Crippen molar-refractivity contribution in [1.82, 2.24) is 9.97 Å². The highest BCUT2D eigenvalue weighted by atomic mass is 35.5. The molecule has 18 heavy (non-hydrogen) atoms. The lowest BCUT2D eigenvalue weighted by molar-refractivity contribution is 1.05. The molecule has 2 rings (SSSR count). The van der Waals surface area contributed by atoms with Crippen LogP contribution in [-0.4, -0.2) is 9.97 Å². The number of aryl methyl sites for hydroxylation is 1. The molecule has 7 heteroatoms. The fourth-order valence-electron chi connectivity index (χ4n) is 1.32. The predicted molar refractivity (Wildman–Crippen MR) is 75.5 cm³/mol. The summed E-state index contributed by atoms with van der Waals surface area (Å²) in [5, 5.41) is 1.45. The second-order valence-corrected chi connectivity index (χ2v) is 4.73. The normalized spacial score (nSPS) is 10.2. The molecule has 1 aromatic carbocycles. The minimum atomic E-state index is 0.369. The van der Waals surface area contributed by atoms with E-state index < -0.39 is 0 Å².